The van der Waals surface area contributed by atoms with Gasteiger partial charge < -0.3 is 0 Å². The molecule has 0 aliphatic rings. The van der Waals surface area contributed by atoms with E-state index in [-0.39, 0.29) is 11.2 Å². The lowest BCUT2D eigenvalue weighted by Gasteiger charge is -2.04. The summed E-state index contributed by atoms with van der Waals surface area (Å²) in [5, 5.41) is 0. The van der Waals surface area contributed by atoms with Crippen LogP contribution in [0.1, 0.15) is 0 Å². The van der Waals surface area contributed by atoms with Crippen molar-refractivity contribution >= 4 is 22.2 Å². The first kappa shape index (κ1) is 12.5. The fourth-order valence-corrected chi connectivity index (χ4v) is 2.41. The van der Waals surface area contributed by atoms with E-state index in [1.54, 1.807) is 0 Å². The molecule has 0 fully saturated rings. The van der Waals surface area contributed by atoms with E-state index in [0.717, 1.165) is 11.1 Å². The Balaban J connectivity index is 2.02. The molecule has 2 N–H and O–H groups in total. The largest absolute Gasteiger partial charge is 0.327 e. The number of rotatable bonds is 1. The summed E-state index contributed by atoms with van der Waals surface area (Å²) in [4.78, 5) is 36.4. The van der Waals surface area contributed by atoms with Gasteiger partial charge in [-0.2, -0.15) is 0 Å². The molecule has 2 aromatic carbocycles. The van der Waals surface area contributed by atoms with Crippen LogP contribution in [0, 0.1) is 0 Å². The summed E-state index contributed by atoms with van der Waals surface area (Å²) in [5.41, 5.74) is 2.44. The van der Waals surface area contributed by atoms with Crippen molar-refractivity contribution in [3.63, 3.8) is 0 Å². The highest BCUT2D eigenvalue weighted by atomic mass is 16.2. The number of hydrogen-bond donors (Lipinski definition) is 2. The zero-order valence-electron chi connectivity index (χ0n) is 11.3. The van der Waals surface area contributed by atoms with Gasteiger partial charge in [0.15, 0.2) is 11.2 Å². The molecule has 4 aromatic rings. The molecule has 22 heavy (non-hydrogen) atoms. The Morgan fingerprint density at radius 2 is 1.59 bits per heavy atom. The molecule has 106 valence electrons. The van der Waals surface area contributed by atoms with Crippen LogP contribution in [0.5, 0.6) is 0 Å². The highest BCUT2D eigenvalue weighted by Crippen LogP contribution is 2.22. The number of nitrogens with one attached hydrogen (secondary N) is 2. The third kappa shape index (κ3) is 1.98. The molecular weight excluding hydrogens is 280 g/mol. The van der Waals surface area contributed by atoms with Gasteiger partial charge in [0, 0.05) is 0 Å². The normalized spacial score (nSPS) is 11.1. The molecule has 0 bridgehead atoms. The van der Waals surface area contributed by atoms with Crippen molar-refractivity contribution in [1.82, 2.24) is 19.9 Å². The Kier molecular flexibility index (Phi) is 2.62. The SMILES string of the molecule is O=c1[nH]c(=O)c2nc3cc(-c4ccccc4)ccc3nc2[nH]1. The number of nitrogens with zero attached hydrogens (tertiary/aromatic N) is 2. The number of aromatic nitrogens is 4. The first-order valence-corrected chi connectivity index (χ1v) is 6.70. The number of H-pyrrole nitrogens is 2. The van der Waals surface area contributed by atoms with Crippen LogP contribution in [0.15, 0.2) is 58.1 Å². The Morgan fingerprint density at radius 1 is 0.773 bits per heavy atom. The van der Waals surface area contributed by atoms with Crippen LogP contribution in [0.25, 0.3) is 33.3 Å². The highest BCUT2D eigenvalue weighted by molar-refractivity contribution is 5.87. The summed E-state index contributed by atoms with van der Waals surface area (Å²) in [5.74, 6) is 0. The second kappa shape index (κ2) is 4.63. The molecule has 0 aliphatic heterocycles. The second-order valence-corrected chi connectivity index (χ2v) is 4.90. The predicted molar refractivity (Wildman–Crippen MR) is 83.7 cm³/mol. The van der Waals surface area contributed by atoms with Crippen LogP contribution in [-0.4, -0.2) is 19.9 Å². The molecule has 0 unspecified atom stereocenters. The second-order valence-electron chi connectivity index (χ2n) is 4.90. The summed E-state index contributed by atoms with van der Waals surface area (Å²) < 4.78 is 0. The summed E-state index contributed by atoms with van der Waals surface area (Å²) in [6, 6.07) is 15.5. The van der Waals surface area contributed by atoms with E-state index in [9.17, 15) is 9.59 Å². The van der Waals surface area contributed by atoms with E-state index in [4.69, 9.17) is 0 Å². The topological polar surface area (TPSA) is 91.5 Å². The summed E-state index contributed by atoms with van der Waals surface area (Å²) in [6.07, 6.45) is 0. The molecule has 6 nitrogen and oxygen atoms in total. The zero-order valence-corrected chi connectivity index (χ0v) is 11.3. The number of aromatic amines is 2. The molecule has 4 rings (SSSR count). The molecule has 0 amide bonds. The molecule has 2 aromatic heterocycles. The lowest BCUT2D eigenvalue weighted by molar-refractivity contribution is 1.05. The number of fused-ring (bicyclic) bond motifs is 2. The summed E-state index contributed by atoms with van der Waals surface area (Å²) in [6.45, 7) is 0. The maximum atomic E-state index is 11.8. The molecule has 0 radical (unpaired) electrons. The van der Waals surface area contributed by atoms with Gasteiger partial charge in [-0.3, -0.25) is 14.8 Å². The maximum absolute atomic E-state index is 11.8. The number of benzene rings is 2. The molecule has 6 heteroatoms. The Labute approximate surface area is 123 Å². The van der Waals surface area contributed by atoms with E-state index in [2.05, 4.69) is 19.9 Å². The van der Waals surface area contributed by atoms with Gasteiger partial charge in [-0.25, -0.2) is 14.8 Å². The molecule has 0 spiro atoms. The fourth-order valence-electron chi connectivity index (χ4n) is 2.41. The van der Waals surface area contributed by atoms with Gasteiger partial charge in [-0.05, 0) is 23.3 Å². The van der Waals surface area contributed by atoms with Gasteiger partial charge in [0.2, 0.25) is 0 Å². The summed E-state index contributed by atoms with van der Waals surface area (Å²) in [7, 11) is 0. The third-order valence-electron chi connectivity index (χ3n) is 3.45. The van der Waals surface area contributed by atoms with Crippen LogP contribution in [0.3, 0.4) is 0 Å². The van der Waals surface area contributed by atoms with Gasteiger partial charge in [0.05, 0.1) is 11.0 Å². The Bertz CT molecular complexity index is 1110. The van der Waals surface area contributed by atoms with E-state index >= 15 is 0 Å². The smallest absolute Gasteiger partial charge is 0.290 e. The predicted octanol–water partition coefficient (Wildman–Crippen LogP) is 1.83. The fraction of sp³-hybridized carbons (Fsp3) is 0. The molecule has 0 saturated heterocycles. The van der Waals surface area contributed by atoms with Crippen molar-refractivity contribution in [3.8, 4) is 11.1 Å². The minimum absolute atomic E-state index is 0.123. The Hall–Kier alpha value is -3.28. The van der Waals surface area contributed by atoms with Crippen molar-refractivity contribution in [3.05, 3.63) is 69.4 Å². The molecule has 0 saturated carbocycles. The standard InChI is InChI=1S/C16H10N4O2/c21-15-13-14(19-16(22)20-15)18-11-7-6-10(8-12(11)17-13)9-4-2-1-3-5-9/h1-8H,(H2,18,19,20,21,22). The molecule has 0 atom stereocenters. The quantitative estimate of drug-likeness (QED) is 0.523. The van der Waals surface area contributed by atoms with E-state index in [0.29, 0.717) is 11.0 Å². The zero-order chi connectivity index (χ0) is 15.1. The van der Waals surface area contributed by atoms with Gasteiger partial charge in [-0.15, -0.1) is 0 Å². The average molecular weight is 290 g/mol. The monoisotopic (exact) mass is 290 g/mol. The van der Waals surface area contributed by atoms with Crippen LogP contribution in [0.2, 0.25) is 0 Å². The average Bonchev–Trinajstić information content (AvgIpc) is 2.53. The van der Waals surface area contributed by atoms with Crippen LogP contribution in [-0.2, 0) is 0 Å². The van der Waals surface area contributed by atoms with Gasteiger partial charge in [0.1, 0.15) is 0 Å². The van der Waals surface area contributed by atoms with Gasteiger partial charge in [0.25, 0.3) is 5.56 Å². The van der Waals surface area contributed by atoms with Crippen LogP contribution < -0.4 is 11.2 Å². The van der Waals surface area contributed by atoms with Crippen molar-refractivity contribution in [2.45, 2.75) is 0 Å². The molecule has 2 heterocycles. The minimum atomic E-state index is -0.591. The van der Waals surface area contributed by atoms with E-state index in [1.807, 2.05) is 48.5 Å². The van der Waals surface area contributed by atoms with Gasteiger partial charge >= 0.3 is 5.69 Å². The first-order valence-electron chi connectivity index (χ1n) is 6.70. The van der Waals surface area contributed by atoms with Crippen molar-refractivity contribution in [2.24, 2.45) is 0 Å². The van der Waals surface area contributed by atoms with Crippen molar-refractivity contribution in [1.29, 1.82) is 0 Å². The van der Waals surface area contributed by atoms with E-state index in [1.165, 1.54) is 0 Å². The molecular formula is C16H10N4O2. The van der Waals surface area contributed by atoms with Crippen LogP contribution in [0.4, 0.5) is 0 Å². The highest BCUT2D eigenvalue weighted by Gasteiger charge is 2.07. The summed E-state index contributed by atoms with van der Waals surface area (Å²) >= 11 is 0. The minimum Gasteiger partial charge on any atom is -0.290 e. The lowest BCUT2D eigenvalue weighted by atomic mass is 10.1. The molecule has 0 aliphatic carbocycles. The lowest BCUT2D eigenvalue weighted by Crippen LogP contribution is -2.23. The number of hydrogen-bond acceptors (Lipinski definition) is 4. The maximum Gasteiger partial charge on any atom is 0.327 e. The third-order valence-corrected chi connectivity index (χ3v) is 3.45. The van der Waals surface area contributed by atoms with Gasteiger partial charge in [-0.1, -0.05) is 36.4 Å². The van der Waals surface area contributed by atoms with Crippen LogP contribution >= 0.6 is 0 Å². The van der Waals surface area contributed by atoms with Crippen molar-refractivity contribution < 1.29 is 0 Å². The van der Waals surface area contributed by atoms with Crippen molar-refractivity contribution in [2.75, 3.05) is 0 Å². The first-order chi connectivity index (χ1) is 10.7. The van der Waals surface area contributed by atoms with E-state index < -0.39 is 11.2 Å². The Morgan fingerprint density at radius 3 is 2.41 bits per heavy atom.